The third-order valence-electron chi connectivity index (χ3n) is 2.84. The maximum atomic E-state index is 12.3. The number of halogens is 2. The summed E-state index contributed by atoms with van der Waals surface area (Å²) in [5.41, 5.74) is 7.79. The van der Waals surface area contributed by atoms with Crippen molar-refractivity contribution >= 4 is 70.1 Å². The second kappa shape index (κ2) is 5.75. The van der Waals surface area contributed by atoms with E-state index in [2.05, 4.69) is 42.2 Å². The number of carbonyl (C=O) groups excluding carboxylic acids is 1. The molecule has 0 saturated heterocycles. The first-order chi connectivity index (χ1) is 10.0. The van der Waals surface area contributed by atoms with Crippen molar-refractivity contribution in [2.24, 2.45) is 0 Å². The van der Waals surface area contributed by atoms with Crippen molar-refractivity contribution in [2.75, 3.05) is 11.1 Å². The van der Waals surface area contributed by atoms with Crippen molar-refractivity contribution in [1.82, 2.24) is 4.98 Å². The van der Waals surface area contributed by atoms with E-state index >= 15 is 0 Å². The molecule has 0 fully saturated rings. The van der Waals surface area contributed by atoms with Gasteiger partial charge >= 0.3 is 0 Å². The van der Waals surface area contributed by atoms with Gasteiger partial charge in [-0.05, 0) is 56.1 Å². The predicted molar refractivity (Wildman–Crippen MR) is 93.8 cm³/mol. The Bertz CT molecular complexity index is 847. The van der Waals surface area contributed by atoms with Gasteiger partial charge < -0.3 is 11.1 Å². The van der Waals surface area contributed by atoms with Gasteiger partial charge in [-0.25, -0.2) is 4.98 Å². The normalized spacial score (nSPS) is 10.8. The van der Waals surface area contributed by atoms with Gasteiger partial charge in [-0.1, -0.05) is 23.5 Å². The first kappa shape index (κ1) is 14.5. The number of fused-ring (bicyclic) bond motifs is 1. The average molecular weight is 427 g/mol. The molecule has 0 bridgehead atoms. The molecule has 21 heavy (non-hydrogen) atoms. The molecule has 1 amide bonds. The Morgan fingerprint density at radius 2 is 1.95 bits per heavy atom. The standard InChI is InChI=1S/C14H9Br2N3OS/c15-9-4-2-1-3-8(9)13(20)18-7-5-10(16)12-11(6-7)21-14(17)19-12/h1-6H,(H2,17,19)(H,18,20). The molecular formula is C14H9Br2N3OS. The molecular weight excluding hydrogens is 418 g/mol. The molecule has 2 aromatic carbocycles. The molecule has 7 heteroatoms. The van der Waals surface area contributed by atoms with E-state index in [0.29, 0.717) is 16.4 Å². The van der Waals surface area contributed by atoms with Crippen LogP contribution in [0.2, 0.25) is 0 Å². The minimum absolute atomic E-state index is 0.175. The Morgan fingerprint density at radius 3 is 2.71 bits per heavy atom. The molecule has 4 nitrogen and oxygen atoms in total. The van der Waals surface area contributed by atoms with Crippen LogP contribution >= 0.6 is 43.2 Å². The largest absolute Gasteiger partial charge is 0.375 e. The second-order valence-electron chi connectivity index (χ2n) is 4.29. The number of amides is 1. The highest BCUT2D eigenvalue weighted by atomic mass is 79.9. The van der Waals surface area contributed by atoms with Gasteiger partial charge in [-0.2, -0.15) is 0 Å². The molecule has 0 aliphatic heterocycles. The SMILES string of the molecule is Nc1nc2c(Br)cc(NC(=O)c3ccccc3Br)cc2s1. The van der Waals surface area contributed by atoms with Crippen LogP contribution in [0.4, 0.5) is 10.8 Å². The molecule has 0 radical (unpaired) electrons. The molecule has 0 aliphatic carbocycles. The van der Waals surface area contributed by atoms with Crippen LogP contribution in [-0.2, 0) is 0 Å². The summed E-state index contributed by atoms with van der Waals surface area (Å²) in [6, 6.07) is 11.0. The Balaban J connectivity index is 1.95. The number of nitrogen functional groups attached to an aromatic ring is 1. The Labute approximate surface area is 141 Å². The van der Waals surface area contributed by atoms with Crippen molar-refractivity contribution in [2.45, 2.75) is 0 Å². The number of nitrogens with one attached hydrogen (secondary N) is 1. The summed E-state index contributed by atoms with van der Waals surface area (Å²) in [4.78, 5) is 16.5. The van der Waals surface area contributed by atoms with Crippen molar-refractivity contribution < 1.29 is 4.79 Å². The maximum absolute atomic E-state index is 12.3. The van der Waals surface area contributed by atoms with Gasteiger partial charge in [0.05, 0.1) is 15.8 Å². The molecule has 3 N–H and O–H groups in total. The third kappa shape index (κ3) is 2.95. The van der Waals surface area contributed by atoms with Gasteiger partial charge in [-0.3, -0.25) is 4.79 Å². The average Bonchev–Trinajstić information content (AvgIpc) is 2.80. The zero-order valence-corrected chi connectivity index (χ0v) is 14.5. The van der Waals surface area contributed by atoms with Gasteiger partial charge in [0.1, 0.15) is 0 Å². The highest BCUT2D eigenvalue weighted by molar-refractivity contribution is 9.11. The molecule has 0 unspecified atom stereocenters. The quantitative estimate of drug-likeness (QED) is 0.626. The lowest BCUT2D eigenvalue weighted by molar-refractivity contribution is 0.102. The van der Waals surface area contributed by atoms with E-state index in [9.17, 15) is 4.79 Å². The fourth-order valence-electron chi connectivity index (χ4n) is 1.92. The first-order valence-corrected chi connectivity index (χ1v) is 8.36. The monoisotopic (exact) mass is 425 g/mol. The van der Waals surface area contributed by atoms with Gasteiger partial charge in [0, 0.05) is 14.6 Å². The number of carbonyl (C=O) groups is 1. The van der Waals surface area contributed by atoms with Crippen molar-refractivity contribution in [3.8, 4) is 0 Å². The molecule has 3 rings (SSSR count). The highest BCUT2D eigenvalue weighted by Gasteiger charge is 2.12. The predicted octanol–water partition coefficient (Wildman–Crippen LogP) is 4.66. The summed E-state index contributed by atoms with van der Waals surface area (Å²) in [6.07, 6.45) is 0. The summed E-state index contributed by atoms with van der Waals surface area (Å²) in [5, 5.41) is 3.38. The molecule has 0 aliphatic rings. The van der Waals surface area contributed by atoms with Crippen molar-refractivity contribution in [3.63, 3.8) is 0 Å². The summed E-state index contributed by atoms with van der Waals surface area (Å²) >= 11 is 8.21. The lowest BCUT2D eigenvalue weighted by Gasteiger charge is -2.07. The second-order valence-corrected chi connectivity index (χ2v) is 7.06. The van der Waals surface area contributed by atoms with Crippen LogP contribution in [0.25, 0.3) is 10.2 Å². The maximum Gasteiger partial charge on any atom is 0.256 e. The summed E-state index contributed by atoms with van der Waals surface area (Å²) < 4.78 is 2.48. The molecule has 1 aromatic heterocycles. The molecule has 3 aromatic rings. The van der Waals surface area contributed by atoms with E-state index < -0.39 is 0 Å². The number of hydrogen-bond donors (Lipinski definition) is 2. The van der Waals surface area contributed by atoms with Crippen LogP contribution in [0.15, 0.2) is 45.3 Å². The van der Waals surface area contributed by atoms with Crippen LogP contribution in [-0.4, -0.2) is 10.9 Å². The lowest BCUT2D eigenvalue weighted by atomic mass is 10.2. The zero-order valence-electron chi connectivity index (χ0n) is 10.6. The molecule has 106 valence electrons. The summed E-state index contributed by atoms with van der Waals surface area (Å²) in [6.45, 7) is 0. The van der Waals surface area contributed by atoms with Crippen LogP contribution in [0.3, 0.4) is 0 Å². The van der Waals surface area contributed by atoms with Gasteiger partial charge in [0.15, 0.2) is 5.13 Å². The van der Waals surface area contributed by atoms with E-state index in [4.69, 9.17) is 5.73 Å². The third-order valence-corrected chi connectivity index (χ3v) is 4.97. The van der Waals surface area contributed by atoms with Crippen LogP contribution in [0.1, 0.15) is 10.4 Å². The molecule has 0 atom stereocenters. The van der Waals surface area contributed by atoms with Crippen LogP contribution in [0, 0.1) is 0 Å². The van der Waals surface area contributed by atoms with E-state index in [1.807, 2.05) is 30.3 Å². The number of anilines is 2. The zero-order chi connectivity index (χ0) is 15.0. The van der Waals surface area contributed by atoms with Gasteiger partial charge in [-0.15, -0.1) is 0 Å². The number of nitrogens with zero attached hydrogens (tertiary/aromatic N) is 1. The van der Waals surface area contributed by atoms with E-state index in [-0.39, 0.29) is 5.91 Å². The Kier molecular flexibility index (Phi) is 3.97. The minimum Gasteiger partial charge on any atom is -0.375 e. The number of thiazole rings is 1. The lowest BCUT2D eigenvalue weighted by Crippen LogP contribution is -2.12. The van der Waals surface area contributed by atoms with E-state index in [1.54, 1.807) is 6.07 Å². The number of nitrogens with two attached hydrogens (primary N) is 1. The summed E-state index contributed by atoms with van der Waals surface area (Å²) in [7, 11) is 0. The van der Waals surface area contributed by atoms with Gasteiger partial charge in [0.2, 0.25) is 0 Å². The Hall–Kier alpha value is -1.44. The summed E-state index contributed by atoms with van der Waals surface area (Å²) in [5.74, 6) is -0.175. The number of hydrogen-bond acceptors (Lipinski definition) is 4. The fraction of sp³-hybridized carbons (Fsp3) is 0. The number of benzene rings is 2. The molecule has 0 saturated carbocycles. The van der Waals surface area contributed by atoms with Crippen molar-refractivity contribution in [3.05, 3.63) is 50.9 Å². The Morgan fingerprint density at radius 1 is 1.19 bits per heavy atom. The van der Waals surface area contributed by atoms with Crippen molar-refractivity contribution in [1.29, 1.82) is 0 Å². The van der Waals surface area contributed by atoms with Gasteiger partial charge in [0.25, 0.3) is 5.91 Å². The molecule has 1 heterocycles. The minimum atomic E-state index is -0.175. The fourth-order valence-corrected chi connectivity index (χ4v) is 3.87. The number of rotatable bonds is 2. The molecule has 0 spiro atoms. The number of aromatic nitrogens is 1. The highest BCUT2D eigenvalue weighted by Crippen LogP contribution is 2.33. The van der Waals surface area contributed by atoms with Crippen LogP contribution < -0.4 is 11.1 Å². The topological polar surface area (TPSA) is 68.0 Å². The van der Waals surface area contributed by atoms with E-state index in [1.165, 1.54) is 11.3 Å². The first-order valence-electron chi connectivity index (χ1n) is 5.96. The van der Waals surface area contributed by atoms with E-state index in [0.717, 1.165) is 19.2 Å². The van der Waals surface area contributed by atoms with Crippen LogP contribution in [0.5, 0.6) is 0 Å². The smallest absolute Gasteiger partial charge is 0.256 e.